The van der Waals surface area contributed by atoms with Crippen molar-refractivity contribution in [1.82, 2.24) is 4.90 Å². The molecular formula is C13H16BrFN2O3S. The van der Waals surface area contributed by atoms with Crippen LogP contribution in [0.1, 0.15) is 30.6 Å². The molecule has 1 aromatic carbocycles. The maximum absolute atomic E-state index is 14.0. The van der Waals surface area contributed by atoms with Crippen molar-refractivity contribution in [2.24, 2.45) is 10.6 Å². The SMILES string of the molecule is CC1(C)CCN(C(=O)c2cc(S(N)(=O)=O)c(Br)cc2F)C1. The predicted molar refractivity (Wildman–Crippen MR) is 79.8 cm³/mol. The largest absolute Gasteiger partial charge is 0.338 e. The molecule has 0 saturated carbocycles. The van der Waals surface area contributed by atoms with Crippen molar-refractivity contribution < 1.29 is 17.6 Å². The van der Waals surface area contributed by atoms with Crippen LogP contribution in [0.25, 0.3) is 0 Å². The molecule has 8 heteroatoms. The van der Waals surface area contributed by atoms with Crippen LogP contribution in [-0.4, -0.2) is 32.3 Å². The lowest BCUT2D eigenvalue weighted by Crippen LogP contribution is -2.31. The quantitative estimate of drug-likeness (QED) is 0.855. The number of benzene rings is 1. The molecule has 0 spiro atoms. The van der Waals surface area contributed by atoms with E-state index in [-0.39, 0.29) is 20.3 Å². The van der Waals surface area contributed by atoms with Crippen molar-refractivity contribution in [3.8, 4) is 0 Å². The average molecular weight is 379 g/mol. The van der Waals surface area contributed by atoms with Gasteiger partial charge < -0.3 is 4.90 Å². The van der Waals surface area contributed by atoms with E-state index in [9.17, 15) is 17.6 Å². The van der Waals surface area contributed by atoms with Gasteiger partial charge in [0.2, 0.25) is 10.0 Å². The van der Waals surface area contributed by atoms with Gasteiger partial charge in [-0.25, -0.2) is 17.9 Å². The standard InChI is InChI=1S/C13H16BrFN2O3S/c1-13(2)3-4-17(7-13)12(18)8-5-11(21(16,19)20)9(14)6-10(8)15/h5-6H,3-4,7H2,1-2H3,(H2,16,19,20). The van der Waals surface area contributed by atoms with Gasteiger partial charge in [-0.2, -0.15) is 0 Å². The van der Waals surface area contributed by atoms with Crippen molar-refractivity contribution in [3.63, 3.8) is 0 Å². The van der Waals surface area contributed by atoms with Gasteiger partial charge in [-0.15, -0.1) is 0 Å². The van der Waals surface area contributed by atoms with Crippen molar-refractivity contribution in [1.29, 1.82) is 0 Å². The number of nitrogens with two attached hydrogens (primary N) is 1. The smallest absolute Gasteiger partial charge is 0.256 e. The second-order valence-corrected chi connectivity index (χ2v) is 8.33. The number of hydrogen-bond acceptors (Lipinski definition) is 3. The van der Waals surface area contributed by atoms with Gasteiger partial charge in [-0.3, -0.25) is 4.79 Å². The van der Waals surface area contributed by atoms with E-state index < -0.39 is 21.7 Å². The van der Waals surface area contributed by atoms with Crippen LogP contribution in [0.5, 0.6) is 0 Å². The first-order chi connectivity index (χ1) is 9.51. The summed E-state index contributed by atoms with van der Waals surface area (Å²) in [6.45, 7) is 5.07. The Bertz CT molecular complexity index is 704. The van der Waals surface area contributed by atoms with Crippen molar-refractivity contribution in [2.45, 2.75) is 25.2 Å². The number of amides is 1. The first kappa shape index (κ1) is 16.4. The highest BCUT2D eigenvalue weighted by molar-refractivity contribution is 9.10. The summed E-state index contributed by atoms with van der Waals surface area (Å²) < 4.78 is 36.9. The first-order valence-electron chi connectivity index (χ1n) is 6.32. The maximum atomic E-state index is 14.0. The summed E-state index contributed by atoms with van der Waals surface area (Å²) in [7, 11) is -4.04. The zero-order valence-corrected chi connectivity index (χ0v) is 14.1. The van der Waals surface area contributed by atoms with E-state index in [0.717, 1.165) is 18.6 Å². The molecule has 21 heavy (non-hydrogen) atoms. The Balaban J connectivity index is 2.43. The Morgan fingerprint density at radius 1 is 1.43 bits per heavy atom. The molecule has 116 valence electrons. The lowest BCUT2D eigenvalue weighted by atomic mass is 9.93. The lowest BCUT2D eigenvalue weighted by Gasteiger charge is -2.20. The zero-order valence-electron chi connectivity index (χ0n) is 11.7. The molecule has 0 atom stereocenters. The summed E-state index contributed by atoms with van der Waals surface area (Å²) in [5.41, 5.74) is -0.301. The average Bonchev–Trinajstić information content (AvgIpc) is 2.67. The molecule has 1 saturated heterocycles. The third kappa shape index (κ3) is 3.44. The Morgan fingerprint density at radius 3 is 2.52 bits per heavy atom. The molecule has 1 fully saturated rings. The van der Waals surface area contributed by atoms with Gasteiger partial charge >= 0.3 is 0 Å². The van der Waals surface area contributed by atoms with Gasteiger partial charge in [-0.05, 0) is 39.9 Å². The summed E-state index contributed by atoms with van der Waals surface area (Å²) >= 11 is 2.94. The molecule has 1 aliphatic rings. The Morgan fingerprint density at radius 2 is 2.05 bits per heavy atom. The van der Waals surface area contributed by atoms with E-state index in [2.05, 4.69) is 15.9 Å². The van der Waals surface area contributed by atoms with Gasteiger partial charge in [0, 0.05) is 17.6 Å². The monoisotopic (exact) mass is 378 g/mol. The van der Waals surface area contributed by atoms with Crippen LogP contribution in [-0.2, 0) is 10.0 Å². The van der Waals surface area contributed by atoms with Crippen molar-refractivity contribution in [3.05, 3.63) is 28.0 Å². The van der Waals surface area contributed by atoms with E-state index >= 15 is 0 Å². The predicted octanol–water partition coefficient (Wildman–Crippen LogP) is 2.11. The molecule has 5 nitrogen and oxygen atoms in total. The van der Waals surface area contributed by atoms with Gasteiger partial charge in [-0.1, -0.05) is 13.8 Å². The van der Waals surface area contributed by atoms with E-state index in [4.69, 9.17) is 5.14 Å². The molecule has 1 amide bonds. The number of likely N-dealkylation sites (tertiary alicyclic amines) is 1. The lowest BCUT2D eigenvalue weighted by molar-refractivity contribution is 0.0773. The van der Waals surface area contributed by atoms with Crippen LogP contribution in [0, 0.1) is 11.2 Å². The molecule has 2 rings (SSSR count). The third-order valence-corrected chi connectivity index (χ3v) is 5.39. The summed E-state index contributed by atoms with van der Waals surface area (Å²) in [5.74, 6) is -1.29. The molecule has 1 heterocycles. The maximum Gasteiger partial charge on any atom is 0.256 e. The molecule has 0 aliphatic carbocycles. The minimum absolute atomic E-state index is 0.000742. The summed E-state index contributed by atoms with van der Waals surface area (Å²) in [4.78, 5) is 13.6. The minimum Gasteiger partial charge on any atom is -0.338 e. The number of primary sulfonamides is 1. The van der Waals surface area contributed by atoms with Gasteiger partial charge in [0.15, 0.2) is 0 Å². The van der Waals surface area contributed by atoms with Crippen LogP contribution in [0.15, 0.2) is 21.5 Å². The second kappa shape index (κ2) is 5.33. The van der Waals surface area contributed by atoms with Crippen molar-refractivity contribution in [2.75, 3.05) is 13.1 Å². The van der Waals surface area contributed by atoms with Crippen LogP contribution in [0.2, 0.25) is 0 Å². The van der Waals surface area contributed by atoms with E-state index in [0.29, 0.717) is 13.1 Å². The minimum atomic E-state index is -4.04. The van der Waals surface area contributed by atoms with Crippen LogP contribution in [0.4, 0.5) is 4.39 Å². The van der Waals surface area contributed by atoms with Crippen LogP contribution < -0.4 is 5.14 Å². The molecule has 0 bridgehead atoms. The number of carbonyl (C=O) groups excluding carboxylic acids is 1. The van der Waals surface area contributed by atoms with E-state index in [1.807, 2.05) is 13.8 Å². The number of nitrogens with zero attached hydrogens (tertiary/aromatic N) is 1. The highest BCUT2D eigenvalue weighted by Crippen LogP contribution is 2.31. The first-order valence-corrected chi connectivity index (χ1v) is 8.66. The van der Waals surface area contributed by atoms with Crippen LogP contribution in [0.3, 0.4) is 0 Å². The number of carbonyl (C=O) groups is 1. The summed E-state index contributed by atoms with van der Waals surface area (Å²) in [6.07, 6.45) is 0.818. The number of sulfonamides is 1. The Hall–Kier alpha value is -0.990. The highest BCUT2D eigenvalue weighted by Gasteiger charge is 2.34. The fourth-order valence-electron chi connectivity index (χ4n) is 2.37. The summed E-state index contributed by atoms with van der Waals surface area (Å²) in [5, 5.41) is 5.07. The molecule has 1 aliphatic heterocycles. The molecule has 0 radical (unpaired) electrons. The second-order valence-electron chi connectivity index (χ2n) is 5.95. The normalized spacial score (nSPS) is 18.0. The van der Waals surface area contributed by atoms with Crippen LogP contribution >= 0.6 is 15.9 Å². The fourth-order valence-corrected chi connectivity index (χ4v) is 3.97. The number of halogens is 2. The fraction of sp³-hybridized carbons (Fsp3) is 0.462. The Labute approximate surface area is 131 Å². The molecule has 0 aromatic heterocycles. The number of rotatable bonds is 2. The van der Waals surface area contributed by atoms with E-state index in [1.54, 1.807) is 0 Å². The Kier molecular flexibility index (Phi) is 4.16. The summed E-state index contributed by atoms with van der Waals surface area (Å²) in [6, 6.07) is 1.94. The van der Waals surface area contributed by atoms with Gasteiger partial charge in [0.25, 0.3) is 5.91 Å². The molecule has 0 unspecified atom stereocenters. The number of hydrogen-bond donors (Lipinski definition) is 1. The van der Waals surface area contributed by atoms with Crippen molar-refractivity contribution >= 4 is 31.9 Å². The molecule has 2 N–H and O–H groups in total. The van der Waals surface area contributed by atoms with Gasteiger partial charge in [0.1, 0.15) is 5.82 Å². The topological polar surface area (TPSA) is 80.5 Å². The van der Waals surface area contributed by atoms with Gasteiger partial charge in [0.05, 0.1) is 10.5 Å². The highest BCUT2D eigenvalue weighted by atomic mass is 79.9. The zero-order chi connectivity index (χ0) is 16.0. The third-order valence-electron chi connectivity index (χ3n) is 3.52. The van der Waals surface area contributed by atoms with E-state index in [1.165, 1.54) is 4.90 Å². The molecule has 1 aromatic rings. The molecular weight excluding hydrogens is 363 g/mol.